The van der Waals surface area contributed by atoms with Crippen LogP contribution in [0.1, 0.15) is 5.69 Å². The molecule has 0 aliphatic carbocycles. The Bertz CT molecular complexity index is 1880. The van der Waals surface area contributed by atoms with E-state index in [0.717, 1.165) is 0 Å². The molecule has 1 amide bonds. The molecule has 3 aromatic carbocycles. The van der Waals surface area contributed by atoms with Gasteiger partial charge in [-0.1, -0.05) is 41.4 Å². The van der Waals surface area contributed by atoms with E-state index in [-0.39, 0.29) is 40.4 Å². The summed E-state index contributed by atoms with van der Waals surface area (Å²) in [6, 6.07) is 20.8. The summed E-state index contributed by atoms with van der Waals surface area (Å²) >= 11 is 17.5. The highest BCUT2D eigenvalue weighted by Crippen LogP contribution is 2.40. The molecule has 10 nitrogen and oxygen atoms in total. The molecule has 0 aliphatic rings. The van der Waals surface area contributed by atoms with E-state index in [1.807, 2.05) is 30.3 Å². The van der Waals surface area contributed by atoms with Gasteiger partial charge in [-0.2, -0.15) is 0 Å². The van der Waals surface area contributed by atoms with Gasteiger partial charge in [-0.25, -0.2) is 4.68 Å². The maximum Gasteiger partial charge on any atom is 0.295 e. The van der Waals surface area contributed by atoms with E-state index in [2.05, 4.69) is 20.9 Å². The first-order valence-electron chi connectivity index (χ1n) is 12.3. The second-order valence-corrected chi connectivity index (χ2v) is 10.3. The predicted molar refractivity (Wildman–Crippen MR) is 165 cm³/mol. The first-order valence-corrected chi connectivity index (χ1v) is 13.4. The fourth-order valence-electron chi connectivity index (χ4n) is 4.37. The number of benzene rings is 3. The second kappa shape index (κ2) is 11.6. The van der Waals surface area contributed by atoms with E-state index >= 15 is 0 Å². The van der Waals surface area contributed by atoms with Crippen LogP contribution >= 0.6 is 35.4 Å². The Balaban J connectivity index is 1.42. The first kappa shape index (κ1) is 28.1. The van der Waals surface area contributed by atoms with Crippen LogP contribution in [0.25, 0.3) is 16.6 Å². The van der Waals surface area contributed by atoms with Crippen molar-refractivity contribution in [3.63, 3.8) is 0 Å². The van der Waals surface area contributed by atoms with Crippen molar-refractivity contribution in [1.82, 2.24) is 13.9 Å². The van der Waals surface area contributed by atoms with Crippen molar-refractivity contribution in [1.29, 1.82) is 0 Å². The summed E-state index contributed by atoms with van der Waals surface area (Å²) in [4.78, 5) is 26.0. The number of para-hydroxylation sites is 1. The summed E-state index contributed by atoms with van der Waals surface area (Å²) in [6.07, 6.45) is 0. The molecule has 2 aromatic heterocycles. The largest absolute Gasteiger partial charge is 0.493 e. The van der Waals surface area contributed by atoms with Crippen LogP contribution in [0.3, 0.4) is 0 Å². The average molecular weight is 609 g/mol. The SMILES string of the molecule is Cc1c(NC(=S)N=Nc2c(O)n(CC(=O)Nc3ccc(Cl)cc3)c3ccc(Cl)cc23)c(=O)n(-c2ccccc2)n1C. The maximum atomic E-state index is 13.2. The third-order valence-electron chi connectivity index (χ3n) is 6.43. The summed E-state index contributed by atoms with van der Waals surface area (Å²) in [6.45, 7) is 1.56. The minimum atomic E-state index is -0.385. The molecule has 0 bridgehead atoms. The lowest BCUT2D eigenvalue weighted by Crippen LogP contribution is -2.21. The van der Waals surface area contributed by atoms with Gasteiger partial charge in [0.05, 0.1) is 16.9 Å². The molecular weight excluding hydrogens is 585 g/mol. The number of amides is 1. The molecule has 0 unspecified atom stereocenters. The zero-order chi connectivity index (χ0) is 29.3. The fourth-order valence-corrected chi connectivity index (χ4v) is 4.81. The van der Waals surface area contributed by atoms with Crippen LogP contribution in [0.2, 0.25) is 10.0 Å². The Morgan fingerprint density at radius 2 is 1.68 bits per heavy atom. The number of hydrogen-bond acceptors (Lipinski definition) is 5. The van der Waals surface area contributed by atoms with Gasteiger partial charge in [0.1, 0.15) is 12.2 Å². The zero-order valence-electron chi connectivity index (χ0n) is 21.8. The summed E-state index contributed by atoms with van der Waals surface area (Å²) < 4.78 is 4.60. The Kier molecular flexibility index (Phi) is 7.93. The van der Waals surface area contributed by atoms with E-state index in [1.165, 1.54) is 9.25 Å². The summed E-state index contributed by atoms with van der Waals surface area (Å²) in [5, 5.41) is 26.2. The minimum absolute atomic E-state index is 0.0671. The lowest BCUT2D eigenvalue weighted by molar-refractivity contribution is -0.116. The van der Waals surface area contributed by atoms with Crippen LogP contribution in [-0.2, 0) is 18.4 Å². The van der Waals surface area contributed by atoms with Crippen molar-refractivity contribution in [3.05, 3.63) is 98.9 Å². The Labute approximate surface area is 249 Å². The number of nitrogens with one attached hydrogen (secondary N) is 2. The van der Waals surface area contributed by atoms with Gasteiger partial charge >= 0.3 is 0 Å². The average Bonchev–Trinajstić information content (AvgIpc) is 3.32. The van der Waals surface area contributed by atoms with Crippen LogP contribution in [-0.4, -0.2) is 30.1 Å². The number of aromatic nitrogens is 3. The number of anilines is 2. The molecule has 0 saturated carbocycles. The number of fused-ring (bicyclic) bond motifs is 1. The Morgan fingerprint density at radius 3 is 2.39 bits per heavy atom. The molecular formula is C28H23Cl2N7O3S. The van der Waals surface area contributed by atoms with E-state index in [1.54, 1.807) is 61.1 Å². The summed E-state index contributed by atoms with van der Waals surface area (Å²) in [5.41, 5.74) is 2.39. The highest BCUT2D eigenvalue weighted by molar-refractivity contribution is 7.80. The molecule has 0 saturated heterocycles. The first-order chi connectivity index (χ1) is 19.6. The van der Waals surface area contributed by atoms with Gasteiger partial charge in [-0.05, 0) is 73.7 Å². The Morgan fingerprint density at radius 1 is 1.00 bits per heavy atom. The van der Waals surface area contributed by atoms with Gasteiger partial charge in [0.2, 0.25) is 16.9 Å². The molecule has 5 rings (SSSR count). The van der Waals surface area contributed by atoms with E-state index in [9.17, 15) is 14.7 Å². The molecule has 13 heteroatoms. The van der Waals surface area contributed by atoms with E-state index in [4.69, 9.17) is 35.4 Å². The lowest BCUT2D eigenvalue weighted by Gasteiger charge is -2.08. The summed E-state index contributed by atoms with van der Waals surface area (Å²) in [5.74, 6) is -0.688. The van der Waals surface area contributed by atoms with Crippen molar-refractivity contribution in [2.24, 2.45) is 17.3 Å². The smallest absolute Gasteiger partial charge is 0.295 e. The van der Waals surface area contributed by atoms with E-state index < -0.39 is 0 Å². The van der Waals surface area contributed by atoms with Crippen molar-refractivity contribution in [2.45, 2.75) is 13.5 Å². The van der Waals surface area contributed by atoms with Crippen LogP contribution in [0.5, 0.6) is 5.88 Å². The number of carbonyl (C=O) groups is 1. The molecule has 5 aromatic rings. The molecule has 41 heavy (non-hydrogen) atoms. The molecule has 2 heterocycles. The third kappa shape index (κ3) is 5.73. The fraction of sp³-hybridized carbons (Fsp3) is 0.107. The van der Waals surface area contributed by atoms with Crippen LogP contribution in [0.4, 0.5) is 17.1 Å². The van der Waals surface area contributed by atoms with Crippen molar-refractivity contribution < 1.29 is 9.90 Å². The van der Waals surface area contributed by atoms with Crippen molar-refractivity contribution in [2.75, 3.05) is 10.6 Å². The third-order valence-corrected chi connectivity index (χ3v) is 7.10. The quantitative estimate of drug-likeness (QED) is 0.149. The molecule has 0 aliphatic heterocycles. The number of nitrogens with zero attached hydrogens (tertiary/aromatic N) is 5. The molecule has 0 atom stereocenters. The summed E-state index contributed by atoms with van der Waals surface area (Å²) in [7, 11) is 1.76. The van der Waals surface area contributed by atoms with Crippen molar-refractivity contribution in [3.8, 4) is 11.6 Å². The molecule has 0 fully saturated rings. The molecule has 0 radical (unpaired) electrons. The van der Waals surface area contributed by atoms with Gasteiger partial charge in [0.25, 0.3) is 5.56 Å². The van der Waals surface area contributed by atoms with Crippen LogP contribution < -0.4 is 16.2 Å². The van der Waals surface area contributed by atoms with Crippen molar-refractivity contribution >= 4 is 74.4 Å². The van der Waals surface area contributed by atoms with Gasteiger partial charge in [0.15, 0.2) is 5.69 Å². The van der Waals surface area contributed by atoms with Gasteiger partial charge in [-0.3, -0.25) is 14.3 Å². The van der Waals surface area contributed by atoms with E-state index in [0.29, 0.717) is 38.0 Å². The number of aromatic hydroxyl groups is 1. The molecule has 3 N–H and O–H groups in total. The Hall–Kier alpha value is -4.45. The highest BCUT2D eigenvalue weighted by Gasteiger charge is 2.20. The van der Waals surface area contributed by atoms with Gasteiger partial charge in [-0.15, -0.1) is 10.2 Å². The normalized spacial score (nSPS) is 11.3. The highest BCUT2D eigenvalue weighted by atomic mass is 35.5. The number of rotatable bonds is 6. The number of azo groups is 1. The predicted octanol–water partition coefficient (Wildman–Crippen LogP) is 6.57. The monoisotopic (exact) mass is 607 g/mol. The number of thiocarbonyl (C=S) groups is 1. The maximum absolute atomic E-state index is 13.2. The number of halogens is 2. The lowest BCUT2D eigenvalue weighted by atomic mass is 10.2. The second-order valence-electron chi connectivity index (χ2n) is 9.04. The minimum Gasteiger partial charge on any atom is -0.493 e. The van der Waals surface area contributed by atoms with Crippen LogP contribution in [0, 0.1) is 6.92 Å². The molecule has 0 spiro atoms. The van der Waals surface area contributed by atoms with Gasteiger partial charge in [0, 0.05) is 28.2 Å². The topological polar surface area (TPSA) is 118 Å². The van der Waals surface area contributed by atoms with Crippen LogP contribution in [0.15, 0.2) is 87.8 Å². The standard InChI is InChI=1S/C28H23Cl2N7O3S/c1-16-24(27(40)37(35(16)2)20-6-4-3-5-7-20)32-28(41)34-33-25-21-14-18(30)10-13-22(21)36(26(25)39)15-23(38)31-19-11-8-17(29)9-12-19/h3-14,39H,15H2,1-2H3,(H,31,38)(H,32,41). The van der Waals surface area contributed by atoms with Gasteiger partial charge < -0.3 is 20.3 Å². The zero-order valence-corrected chi connectivity index (χ0v) is 24.1. The molecule has 208 valence electrons. The number of hydrogen-bond donors (Lipinski definition) is 3. The number of carbonyl (C=O) groups excluding carboxylic acids is 1.